The third-order valence-corrected chi connectivity index (χ3v) is 5.27. The van der Waals surface area contributed by atoms with E-state index in [1.54, 1.807) is 18.0 Å². The number of hydrogen-bond donors (Lipinski definition) is 1. The van der Waals surface area contributed by atoms with Crippen LogP contribution in [0.3, 0.4) is 0 Å². The van der Waals surface area contributed by atoms with Crippen molar-refractivity contribution in [2.45, 2.75) is 29.9 Å². The molecule has 1 aliphatic heterocycles. The zero-order chi connectivity index (χ0) is 19.1. The van der Waals surface area contributed by atoms with Crippen LogP contribution in [-0.4, -0.2) is 54.7 Å². The Balaban J connectivity index is 1.48. The Morgan fingerprint density at radius 2 is 2.11 bits per heavy atom. The van der Waals surface area contributed by atoms with Crippen molar-refractivity contribution in [2.24, 2.45) is 5.92 Å². The summed E-state index contributed by atoms with van der Waals surface area (Å²) in [6.07, 6.45) is 1.83. The molecule has 1 amide bonds. The number of nitrogens with one attached hydrogen (secondary N) is 1. The second-order valence-electron chi connectivity index (χ2n) is 7.15. The molecule has 3 rings (SSSR count). The highest BCUT2D eigenvalue weighted by molar-refractivity contribution is 7.99. The fourth-order valence-corrected chi connectivity index (χ4v) is 3.87. The highest BCUT2D eigenvalue weighted by atomic mass is 32.2. The molecule has 1 fully saturated rings. The number of carbonyl (C=O) groups is 1. The lowest BCUT2D eigenvalue weighted by Crippen LogP contribution is -2.48. The first-order valence-electron chi connectivity index (χ1n) is 9.41. The normalized spacial score (nSPS) is 17.8. The van der Waals surface area contributed by atoms with Crippen LogP contribution in [0.15, 0.2) is 58.6 Å². The Morgan fingerprint density at radius 1 is 1.30 bits per heavy atom. The topological polar surface area (TPSA) is 54.5 Å². The molecule has 0 saturated carbocycles. The number of benzene rings is 1. The van der Waals surface area contributed by atoms with Crippen molar-refractivity contribution in [3.05, 3.63) is 54.2 Å². The maximum absolute atomic E-state index is 12.4. The highest BCUT2D eigenvalue weighted by Gasteiger charge is 2.21. The molecule has 2 heterocycles. The molecule has 1 aromatic carbocycles. The van der Waals surface area contributed by atoms with E-state index < -0.39 is 0 Å². The monoisotopic (exact) mass is 385 g/mol. The highest BCUT2D eigenvalue weighted by Crippen LogP contribution is 2.25. The van der Waals surface area contributed by atoms with Gasteiger partial charge in [-0.1, -0.05) is 31.7 Å². The van der Waals surface area contributed by atoms with E-state index >= 15 is 0 Å². The molecular formula is C21H27N3O2S. The summed E-state index contributed by atoms with van der Waals surface area (Å²) >= 11 is 1.58. The summed E-state index contributed by atoms with van der Waals surface area (Å²) in [6, 6.07) is 13.5. The number of hydrogen-bond acceptors (Lipinski definition) is 5. The quantitative estimate of drug-likeness (QED) is 0.792. The molecule has 6 heteroatoms. The van der Waals surface area contributed by atoms with Crippen LogP contribution in [0, 0.1) is 5.92 Å². The fourth-order valence-electron chi connectivity index (χ4n) is 3.10. The van der Waals surface area contributed by atoms with Crippen LogP contribution >= 0.6 is 11.8 Å². The van der Waals surface area contributed by atoms with Gasteiger partial charge < -0.3 is 10.1 Å². The van der Waals surface area contributed by atoms with E-state index in [9.17, 15) is 4.79 Å². The van der Waals surface area contributed by atoms with Gasteiger partial charge in [-0.15, -0.1) is 0 Å². The van der Waals surface area contributed by atoms with Gasteiger partial charge in [0.15, 0.2) is 0 Å². The standard InChI is InChI=1S/C21H27N3O2S/c1-16(2)14-24-11-12-26-18(15-24)13-23-21(25)17-6-8-19(9-7-17)27-20-5-3-4-10-22-20/h3-10,16,18H,11-15H2,1-2H3,(H,23,25). The molecule has 144 valence electrons. The van der Waals surface area contributed by atoms with Crippen LogP contribution in [0.25, 0.3) is 0 Å². The molecule has 0 aliphatic carbocycles. The van der Waals surface area contributed by atoms with E-state index in [-0.39, 0.29) is 12.0 Å². The molecule has 2 aromatic rings. The summed E-state index contributed by atoms with van der Waals surface area (Å²) in [6.45, 7) is 8.63. The minimum absolute atomic E-state index is 0.0560. The first kappa shape index (κ1) is 19.9. The largest absolute Gasteiger partial charge is 0.374 e. The first-order chi connectivity index (χ1) is 13.1. The van der Waals surface area contributed by atoms with Gasteiger partial charge in [0.05, 0.1) is 12.7 Å². The number of nitrogens with zero attached hydrogens (tertiary/aromatic N) is 2. The van der Waals surface area contributed by atoms with Crippen molar-refractivity contribution in [1.29, 1.82) is 0 Å². The maximum atomic E-state index is 12.4. The zero-order valence-corrected chi connectivity index (χ0v) is 16.7. The molecule has 0 bridgehead atoms. The van der Waals surface area contributed by atoms with Crippen molar-refractivity contribution >= 4 is 17.7 Å². The molecular weight excluding hydrogens is 358 g/mol. The smallest absolute Gasteiger partial charge is 0.251 e. The SMILES string of the molecule is CC(C)CN1CCOC(CNC(=O)c2ccc(Sc3ccccn3)cc2)C1. The van der Waals surface area contributed by atoms with Gasteiger partial charge in [0, 0.05) is 42.8 Å². The number of carbonyl (C=O) groups excluding carboxylic acids is 1. The van der Waals surface area contributed by atoms with Gasteiger partial charge in [0.1, 0.15) is 5.03 Å². The maximum Gasteiger partial charge on any atom is 0.251 e. The fraction of sp³-hybridized carbons (Fsp3) is 0.429. The summed E-state index contributed by atoms with van der Waals surface area (Å²) in [7, 11) is 0. The Kier molecular flexibility index (Phi) is 7.26. The Labute approximate surface area is 165 Å². The Bertz CT molecular complexity index is 722. The molecule has 1 atom stereocenters. The number of amides is 1. The van der Waals surface area contributed by atoms with Gasteiger partial charge >= 0.3 is 0 Å². The number of ether oxygens (including phenoxy) is 1. The predicted molar refractivity (Wildman–Crippen MR) is 108 cm³/mol. The summed E-state index contributed by atoms with van der Waals surface area (Å²) in [4.78, 5) is 20.2. The van der Waals surface area contributed by atoms with Crippen LogP contribution in [-0.2, 0) is 4.74 Å². The lowest BCUT2D eigenvalue weighted by molar-refractivity contribution is -0.0295. The predicted octanol–water partition coefficient (Wildman–Crippen LogP) is 3.32. The van der Waals surface area contributed by atoms with Crippen LogP contribution in [0.2, 0.25) is 0 Å². The van der Waals surface area contributed by atoms with Crippen molar-refractivity contribution < 1.29 is 9.53 Å². The molecule has 0 spiro atoms. The zero-order valence-electron chi connectivity index (χ0n) is 15.9. The van der Waals surface area contributed by atoms with E-state index in [1.165, 1.54) is 0 Å². The van der Waals surface area contributed by atoms with E-state index in [4.69, 9.17) is 4.74 Å². The Hall–Kier alpha value is -1.89. The third kappa shape index (κ3) is 6.34. The molecule has 1 unspecified atom stereocenters. The second kappa shape index (κ2) is 9.88. The van der Waals surface area contributed by atoms with E-state index in [1.807, 2.05) is 42.5 Å². The number of pyridine rings is 1. The average Bonchev–Trinajstić information content (AvgIpc) is 2.67. The average molecular weight is 386 g/mol. The van der Waals surface area contributed by atoms with Gasteiger partial charge in [0.2, 0.25) is 0 Å². The third-order valence-electron chi connectivity index (χ3n) is 4.31. The van der Waals surface area contributed by atoms with Crippen molar-refractivity contribution in [2.75, 3.05) is 32.8 Å². The molecule has 1 N–H and O–H groups in total. The van der Waals surface area contributed by atoms with E-state index in [0.29, 0.717) is 18.0 Å². The van der Waals surface area contributed by atoms with Crippen molar-refractivity contribution in [3.63, 3.8) is 0 Å². The summed E-state index contributed by atoms with van der Waals surface area (Å²) < 4.78 is 5.79. The molecule has 1 aromatic heterocycles. The van der Waals surface area contributed by atoms with Gasteiger partial charge in [-0.3, -0.25) is 9.69 Å². The van der Waals surface area contributed by atoms with Crippen LogP contribution < -0.4 is 5.32 Å². The first-order valence-corrected chi connectivity index (χ1v) is 10.2. The van der Waals surface area contributed by atoms with Gasteiger partial charge in [-0.25, -0.2) is 4.98 Å². The minimum Gasteiger partial charge on any atom is -0.374 e. The lowest BCUT2D eigenvalue weighted by Gasteiger charge is -2.33. The van der Waals surface area contributed by atoms with Gasteiger partial charge in [-0.2, -0.15) is 0 Å². The molecule has 0 radical (unpaired) electrons. The molecule has 1 aliphatic rings. The van der Waals surface area contributed by atoms with E-state index in [2.05, 4.69) is 29.0 Å². The lowest BCUT2D eigenvalue weighted by atomic mass is 10.1. The molecule has 27 heavy (non-hydrogen) atoms. The molecule has 1 saturated heterocycles. The summed E-state index contributed by atoms with van der Waals surface area (Å²) in [5.74, 6) is 0.579. The number of aromatic nitrogens is 1. The van der Waals surface area contributed by atoms with Crippen molar-refractivity contribution in [3.8, 4) is 0 Å². The molecule has 5 nitrogen and oxygen atoms in total. The van der Waals surface area contributed by atoms with E-state index in [0.717, 1.165) is 36.2 Å². The Morgan fingerprint density at radius 3 is 2.81 bits per heavy atom. The van der Waals surface area contributed by atoms with Gasteiger partial charge in [0.25, 0.3) is 5.91 Å². The van der Waals surface area contributed by atoms with Crippen molar-refractivity contribution in [1.82, 2.24) is 15.2 Å². The van der Waals surface area contributed by atoms with Crippen LogP contribution in [0.5, 0.6) is 0 Å². The number of morpholine rings is 1. The minimum atomic E-state index is -0.0611. The summed E-state index contributed by atoms with van der Waals surface area (Å²) in [5, 5.41) is 3.94. The second-order valence-corrected chi connectivity index (χ2v) is 8.24. The number of rotatable bonds is 7. The van der Waals surface area contributed by atoms with Crippen LogP contribution in [0.1, 0.15) is 24.2 Å². The van der Waals surface area contributed by atoms with Crippen LogP contribution in [0.4, 0.5) is 0 Å². The summed E-state index contributed by atoms with van der Waals surface area (Å²) in [5.41, 5.74) is 0.662. The van der Waals surface area contributed by atoms with Gasteiger partial charge in [-0.05, 0) is 42.3 Å².